The number of carbonyl (C=O) groups is 1. The lowest BCUT2D eigenvalue weighted by Gasteiger charge is -2.60. The molecule has 1 saturated heterocycles. The Morgan fingerprint density at radius 2 is 1.47 bits per heavy atom. The lowest BCUT2D eigenvalue weighted by Crippen LogP contribution is -2.61. The van der Waals surface area contributed by atoms with E-state index in [1.165, 1.54) is 22.3 Å². The normalized spacial score (nSPS) is 25.3. The fraction of sp³-hybridized carbons (Fsp3) is 0.561. The molecule has 1 amide bonds. The molecule has 1 spiro atoms. The maximum Gasteiger partial charge on any atom is 0.225 e. The number of hydrogen-bond donors (Lipinski definition) is 0. The summed E-state index contributed by atoms with van der Waals surface area (Å²) in [5, 5.41) is 0. The van der Waals surface area contributed by atoms with Gasteiger partial charge in [-0.15, -0.1) is 0 Å². The number of likely N-dealkylation sites (N-methyl/N-ethyl adjacent to an activating group) is 2. The van der Waals surface area contributed by atoms with E-state index in [-0.39, 0.29) is 23.4 Å². The van der Waals surface area contributed by atoms with Crippen molar-refractivity contribution in [1.29, 1.82) is 0 Å². The third-order valence-electron chi connectivity index (χ3n) is 12.4. The summed E-state index contributed by atoms with van der Waals surface area (Å²) >= 11 is 0. The molecule has 274 valence electrons. The minimum absolute atomic E-state index is 0.0597. The van der Waals surface area contributed by atoms with Crippen LogP contribution in [0.5, 0.6) is 23.0 Å². The molecule has 0 radical (unpaired) electrons. The smallest absolute Gasteiger partial charge is 0.225 e. The van der Waals surface area contributed by atoms with Crippen LogP contribution < -0.4 is 23.8 Å². The Hall–Kier alpha value is -4.02. The van der Waals surface area contributed by atoms with Gasteiger partial charge in [0, 0.05) is 63.3 Å². The number of fused-ring (bicyclic) bond motifs is 3. The van der Waals surface area contributed by atoms with Crippen LogP contribution in [0.1, 0.15) is 61.4 Å². The van der Waals surface area contributed by atoms with E-state index in [4.69, 9.17) is 18.9 Å². The average molecular weight is 698 g/mol. The van der Waals surface area contributed by atoms with Gasteiger partial charge in [-0.3, -0.25) is 14.6 Å². The first-order valence-corrected chi connectivity index (χ1v) is 18.8. The van der Waals surface area contributed by atoms with Gasteiger partial charge in [0.15, 0.2) is 23.0 Å². The molecular formula is C41H55N5O5. The fourth-order valence-electron chi connectivity index (χ4n) is 9.95. The van der Waals surface area contributed by atoms with Gasteiger partial charge in [0.25, 0.3) is 0 Å². The van der Waals surface area contributed by atoms with E-state index in [2.05, 4.69) is 68.8 Å². The van der Waals surface area contributed by atoms with Gasteiger partial charge in [-0.25, -0.2) is 4.98 Å². The molecule has 1 aliphatic carbocycles. The Balaban J connectivity index is 1.32. The maximum absolute atomic E-state index is 14.6. The van der Waals surface area contributed by atoms with Gasteiger partial charge in [-0.1, -0.05) is 19.9 Å². The zero-order valence-electron chi connectivity index (χ0n) is 31.3. The summed E-state index contributed by atoms with van der Waals surface area (Å²) in [5.41, 5.74) is 4.96. The zero-order valence-corrected chi connectivity index (χ0v) is 31.3. The Morgan fingerprint density at radius 1 is 0.804 bits per heavy atom. The quantitative estimate of drug-likeness (QED) is 0.285. The fourth-order valence-corrected chi connectivity index (χ4v) is 9.95. The van der Waals surface area contributed by atoms with Crippen LogP contribution in [0.3, 0.4) is 0 Å². The molecular weight excluding hydrogens is 642 g/mol. The third kappa shape index (κ3) is 6.18. The molecule has 3 aliphatic heterocycles. The van der Waals surface area contributed by atoms with E-state index in [0.29, 0.717) is 19.0 Å². The van der Waals surface area contributed by atoms with Gasteiger partial charge < -0.3 is 28.7 Å². The second kappa shape index (κ2) is 14.9. The first-order valence-electron chi connectivity index (χ1n) is 18.8. The highest BCUT2D eigenvalue weighted by atomic mass is 16.5. The summed E-state index contributed by atoms with van der Waals surface area (Å²) in [6.07, 6.45) is 6.28. The molecule has 2 aromatic carbocycles. The van der Waals surface area contributed by atoms with Crippen molar-refractivity contribution in [3.8, 4) is 23.0 Å². The number of ether oxygens (including phenoxy) is 4. The maximum atomic E-state index is 14.6. The molecule has 4 unspecified atom stereocenters. The van der Waals surface area contributed by atoms with Crippen molar-refractivity contribution in [3.05, 3.63) is 70.9 Å². The minimum atomic E-state index is -0.295. The van der Waals surface area contributed by atoms with Crippen molar-refractivity contribution in [1.82, 2.24) is 19.7 Å². The molecule has 4 atom stereocenters. The Morgan fingerprint density at radius 3 is 2.12 bits per heavy atom. The number of benzene rings is 2. The predicted octanol–water partition coefficient (Wildman–Crippen LogP) is 5.57. The van der Waals surface area contributed by atoms with Gasteiger partial charge in [0.1, 0.15) is 5.82 Å². The molecule has 10 nitrogen and oxygen atoms in total. The molecule has 51 heavy (non-hydrogen) atoms. The van der Waals surface area contributed by atoms with E-state index in [9.17, 15) is 4.79 Å². The summed E-state index contributed by atoms with van der Waals surface area (Å²) in [4.78, 5) is 29.0. The van der Waals surface area contributed by atoms with E-state index >= 15 is 0 Å². The lowest BCUT2D eigenvalue weighted by atomic mass is 9.58. The molecule has 10 heteroatoms. The Labute approximate surface area is 303 Å². The van der Waals surface area contributed by atoms with Gasteiger partial charge in [-0.05, 0) is 104 Å². The SMILES string of the molecule is CCN1CCc2cc(OC)c(OC)cc2C1C1CC(C(=O)N2CCN(c3ccccn3)CC2)CCC12c1cc(OC)c(OC)cc1CCN2CC. The van der Waals surface area contributed by atoms with E-state index in [1.807, 2.05) is 18.3 Å². The van der Waals surface area contributed by atoms with Crippen molar-refractivity contribution < 1.29 is 23.7 Å². The molecule has 1 saturated carbocycles. The lowest BCUT2D eigenvalue weighted by molar-refractivity contribution is -0.142. The number of hydrogen-bond acceptors (Lipinski definition) is 9. The summed E-state index contributed by atoms with van der Waals surface area (Å²) in [5.74, 6) is 4.41. The minimum Gasteiger partial charge on any atom is -0.493 e. The monoisotopic (exact) mass is 697 g/mol. The van der Waals surface area contributed by atoms with Gasteiger partial charge in [0.05, 0.1) is 34.0 Å². The molecule has 7 rings (SSSR count). The Kier molecular flexibility index (Phi) is 10.3. The van der Waals surface area contributed by atoms with Crippen LogP contribution in [-0.2, 0) is 23.2 Å². The van der Waals surface area contributed by atoms with Crippen molar-refractivity contribution in [3.63, 3.8) is 0 Å². The number of methoxy groups -OCH3 is 4. The van der Waals surface area contributed by atoms with Crippen molar-refractivity contribution in [2.75, 3.05) is 85.7 Å². The highest BCUT2D eigenvalue weighted by Gasteiger charge is 2.56. The summed E-state index contributed by atoms with van der Waals surface area (Å²) < 4.78 is 23.5. The number of rotatable bonds is 9. The number of nitrogens with zero attached hydrogens (tertiary/aromatic N) is 5. The topological polar surface area (TPSA) is 79.8 Å². The second-order valence-corrected chi connectivity index (χ2v) is 14.4. The number of aromatic nitrogens is 1. The van der Waals surface area contributed by atoms with Crippen LogP contribution in [-0.4, -0.2) is 106 Å². The highest BCUT2D eigenvalue weighted by molar-refractivity contribution is 5.79. The summed E-state index contributed by atoms with van der Waals surface area (Å²) in [6, 6.07) is 15.0. The predicted molar refractivity (Wildman–Crippen MR) is 199 cm³/mol. The van der Waals surface area contributed by atoms with Gasteiger partial charge in [0.2, 0.25) is 5.91 Å². The first-order chi connectivity index (χ1) is 24.9. The Bertz CT molecular complexity index is 1700. The molecule has 1 aromatic heterocycles. The van der Waals surface area contributed by atoms with Crippen LogP contribution in [0.4, 0.5) is 5.82 Å². The highest BCUT2D eigenvalue weighted by Crippen LogP contribution is 2.59. The second-order valence-electron chi connectivity index (χ2n) is 14.4. The zero-order chi connectivity index (χ0) is 35.7. The summed E-state index contributed by atoms with van der Waals surface area (Å²) in [7, 11) is 6.88. The van der Waals surface area contributed by atoms with Gasteiger partial charge >= 0.3 is 0 Å². The van der Waals surface area contributed by atoms with E-state index in [0.717, 1.165) is 100 Å². The number of amides is 1. The molecule has 0 bridgehead atoms. The first kappa shape index (κ1) is 35.4. The largest absolute Gasteiger partial charge is 0.493 e. The van der Waals surface area contributed by atoms with E-state index in [1.54, 1.807) is 28.4 Å². The number of piperazine rings is 1. The molecule has 4 aliphatic rings. The number of pyridine rings is 1. The molecule has 4 heterocycles. The molecule has 0 N–H and O–H groups in total. The number of anilines is 1. The van der Waals surface area contributed by atoms with Crippen LogP contribution in [0.25, 0.3) is 0 Å². The molecule has 3 aromatic rings. The van der Waals surface area contributed by atoms with Crippen molar-refractivity contribution in [2.24, 2.45) is 11.8 Å². The summed E-state index contributed by atoms with van der Waals surface area (Å²) in [6.45, 7) is 11.4. The van der Waals surface area contributed by atoms with Crippen LogP contribution in [0.15, 0.2) is 48.7 Å². The van der Waals surface area contributed by atoms with Crippen LogP contribution in [0, 0.1) is 11.8 Å². The van der Waals surface area contributed by atoms with Crippen LogP contribution in [0.2, 0.25) is 0 Å². The van der Waals surface area contributed by atoms with Gasteiger partial charge in [-0.2, -0.15) is 0 Å². The standard InChI is InChI=1S/C41H55N5O5/c1-7-43-17-13-28-24-34(48-3)36(50-5)26-31(28)39(43)33-23-30(40(47)45-21-19-44(20-22-45)38-11-9-10-16-42-38)12-15-41(33)32-27-37(51-6)35(49-4)25-29(32)14-18-46(41)8-2/h9-11,16,24-27,30,33,39H,7-8,12-15,17-23H2,1-6H3. The third-order valence-corrected chi connectivity index (χ3v) is 12.4. The van der Waals surface area contributed by atoms with Crippen molar-refractivity contribution in [2.45, 2.75) is 57.5 Å². The van der Waals surface area contributed by atoms with Crippen molar-refractivity contribution >= 4 is 11.7 Å². The van der Waals surface area contributed by atoms with E-state index < -0.39 is 0 Å². The molecule has 2 fully saturated rings. The van der Waals surface area contributed by atoms with Crippen LogP contribution >= 0.6 is 0 Å². The average Bonchev–Trinajstić information content (AvgIpc) is 3.19. The number of carbonyl (C=O) groups excluding carboxylic acids is 1.